The molecule has 0 rings (SSSR count). The van der Waals surface area contributed by atoms with E-state index in [2.05, 4.69) is 0 Å². The molecule has 0 bridgehead atoms. The number of hydrogen-bond donors (Lipinski definition) is 0. The van der Waals surface area contributed by atoms with E-state index in [9.17, 15) is 0 Å². The first-order valence-electron chi connectivity index (χ1n) is 0. The van der Waals surface area contributed by atoms with Gasteiger partial charge in [-0.05, 0) is 0 Å². The molecule has 0 saturated heterocycles. The average molecular weight is 174 g/mol. The molecule has 0 aliphatic rings. The van der Waals surface area contributed by atoms with Gasteiger partial charge in [-0.15, -0.1) is 0 Å². The molecule has 2 nitrogen and oxygen atoms in total. The van der Waals surface area contributed by atoms with E-state index < -0.39 is 0 Å². The summed E-state index contributed by atoms with van der Waals surface area (Å²) in [4.78, 5) is 0. The van der Waals surface area contributed by atoms with Crippen LogP contribution in [0.5, 0.6) is 0 Å². The van der Waals surface area contributed by atoms with Crippen molar-refractivity contribution in [1.29, 1.82) is 0 Å². The van der Waals surface area contributed by atoms with Crippen LogP contribution in [0.1, 0.15) is 0 Å². The second-order valence-electron chi connectivity index (χ2n) is 0. The summed E-state index contributed by atoms with van der Waals surface area (Å²) in [6.45, 7) is 0. The Morgan fingerprint density at radius 1 is 0.750 bits per heavy atom. The van der Waals surface area contributed by atoms with Crippen LogP contribution in [0, 0.1) is 0 Å². The van der Waals surface area contributed by atoms with Gasteiger partial charge >= 0.3 is 0 Å². The van der Waals surface area contributed by atoms with Gasteiger partial charge in [0.2, 0.25) is 0 Å². The minimum absolute atomic E-state index is 0. The van der Waals surface area contributed by atoms with Gasteiger partial charge in [0.25, 0.3) is 0 Å². The minimum Gasteiger partial charge on any atom is -1.00 e. The quantitative estimate of drug-likeness (QED) is 0.398. The van der Waals surface area contributed by atoms with Gasteiger partial charge in [0.15, 0.2) is 0 Å². The van der Waals surface area contributed by atoms with E-state index in [1.54, 1.807) is 0 Å². The van der Waals surface area contributed by atoms with Crippen molar-refractivity contribution in [2.45, 2.75) is 0 Å². The molecule has 34 valence electrons. The van der Waals surface area contributed by atoms with Crippen molar-refractivity contribution in [2.24, 2.45) is 0 Å². The summed E-state index contributed by atoms with van der Waals surface area (Å²) in [5, 5.41) is 0. The Bertz CT molecular complexity index is 6.00. The maximum absolute atomic E-state index is 0. The van der Waals surface area contributed by atoms with Crippen LogP contribution in [0.15, 0.2) is 0 Å². The van der Waals surface area contributed by atoms with E-state index in [-0.39, 0.29) is 45.1 Å². The van der Waals surface area contributed by atoms with Crippen molar-refractivity contribution in [1.82, 2.24) is 0 Å². The summed E-state index contributed by atoms with van der Waals surface area (Å²) in [7, 11) is 0. The van der Waals surface area contributed by atoms with Gasteiger partial charge in [-0.1, -0.05) is 0 Å². The molecule has 0 amide bonds. The van der Waals surface area contributed by atoms with Gasteiger partial charge in [-0.2, -0.15) is 0 Å². The zero-order valence-electron chi connectivity index (χ0n) is 1.85. The molecule has 0 aliphatic carbocycles. The van der Waals surface area contributed by atoms with Crippen molar-refractivity contribution in [3.05, 3.63) is 12.3 Å². The molecular weight excluding hydrogens is 170 g/mol. The Hall–Kier alpha value is 0.872. The molecule has 4 N–H and O–H groups in total. The normalized spacial score (nSPS) is 0. The summed E-state index contributed by atoms with van der Waals surface area (Å²) in [5.74, 6) is 0. The Morgan fingerprint density at radius 3 is 0.750 bits per heavy atom. The van der Waals surface area contributed by atoms with E-state index >= 15 is 0 Å². The van der Waals surface area contributed by atoms with Crippen LogP contribution in [0.2, 0.25) is 0 Å². The smallest absolute Gasteiger partial charge is 0 e. The van der Waals surface area contributed by atoms with Crippen molar-refractivity contribution in [3.63, 3.8) is 0 Å². The van der Waals surface area contributed by atoms with Crippen molar-refractivity contribution in [2.75, 3.05) is 0 Å². The van der Waals surface area contributed by atoms with Gasteiger partial charge < -0.3 is 24.7 Å². The molecule has 0 atom stereocenters. The van der Waals surface area contributed by atoms with Crippen LogP contribution in [0.25, 0.3) is 12.3 Å². The van der Waals surface area contributed by atoms with Gasteiger partial charge in [-0.25, -0.2) is 0 Å². The molecule has 0 aliphatic heterocycles. The summed E-state index contributed by atoms with van der Waals surface area (Å²) in [6.07, 6.45) is 0. The van der Waals surface area contributed by atoms with Crippen molar-refractivity contribution < 1.29 is 32.8 Å². The second-order valence-corrected chi connectivity index (χ2v) is 0. The van der Waals surface area contributed by atoms with E-state index in [0.717, 1.165) is 0 Å². The van der Waals surface area contributed by atoms with Crippen molar-refractivity contribution >= 4 is 0 Å². The predicted octanol–water partition coefficient (Wildman–Crippen LogP) is -1.56. The molecule has 0 spiro atoms. The third-order valence-electron chi connectivity index (χ3n) is 0. The summed E-state index contributed by atoms with van der Waals surface area (Å²) in [5.41, 5.74) is 0. The molecule has 0 aromatic heterocycles. The summed E-state index contributed by atoms with van der Waals surface area (Å²) >= 11 is 0. The van der Waals surface area contributed by atoms with Crippen LogP contribution >= 0.6 is 0 Å². The molecule has 0 unspecified atom stereocenters. The fourth-order valence-corrected chi connectivity index (χ4v) is 0. The Balaban J connectivity index is 0. The summed E-state index contributed by atoms with van der Waals surface area (Å²) in [6, 6.07) is 0. The van der Waals surface area contributed by atoms with Crippen molar-refractivity contribution in [3.8, 4) is 0 Å². The SMILES string of the molecule is [Cl-].[NH2-].[NH2-].[Pd]. The maximum atomic E-state index is 0. The molecule has 0 saturated carbocycles. The minimum atomic E-state index is 0. The molecule has 0 radical (unpaired) electrons. The first kappa shape index (κ1) is 96.0. The molecule has 0 heterocycles. The van der Waals surface area contributed by atoms with Crippen LogP contribution in [-0.2, 0) is 20.4 Å². The van der Waals surface area contributed by atoms with Gasteiger partial charge in [0, 0.05) is 20.4 Å². The predicted molar refractivity (Wildman–Crippen MR) is 10.6 cm³/mol. The van der Waals surface area contributed by atoms with Crippen LogP contribution in [0.3, 0.4) is 0 Å². The first-order valence-corrected chi connectivity index (χ1v) is 0. The fraction of sp³-hybridized carbons (Fsp3) is 0. The number of nitrogens with two attached hydrogens (primary N) is 2. The molecule has 0 fully saturated rings. The topological polar surface area (TPSA) is 67.0 Å². The number of hydrogen-bond acceptors (Lipinski definition) is 0. The van der Waals surface area contributed by atoms with Crippen LogP contribution < -0.4 is 12.4 Å². The fourth-order valence-electron chi connectivity index (χ4n) is 0. The van der Waals surface area contributed by atoms with E-state index in [0.29, 0.717) is 0 Å². The summed E-state index contributed by atoms with van der Waals surface area (Å²) < 4.78 is 0. The number of rotatable bonds is 0. The van der Waals surface area contributed by atoms with E-state index in [4.69, 9.17) is 0 Å². The maximum Gasteiger partial charge on any atom is 0 e. The van der Waals surface area contributed by atoms with E-state index in [1.807, 2.05) is 0 Å². The Kier molecular flexibility index (Phi) is 1010. The monoisotopic (exact) mass is 173 g/mol. The third-order valence-corrected chi connectivity index (χ3v) is 0. The Morgan fingerprint density at radius 2 is 0.750 bits per heavy atom. The van der Waals surface area contributed by atoms with Crippen LogP contribution in [0.4, 0.5) is 0 Å². The van der Waals surface area contributed by atoms with E-state index in [1.165, 1.54) is 0 Å². The van der Waals surface area contributed by atoms with Gasteiger partial charge in [-0.3, -0.25) is 0 Å². The second kappa shape index (κ2) is 42.0. The standard InChI is InChI=1S/ClH.2H2N.Pd/h1H;2*1H2;/q;2*-1;/p-1. The first-order chi connectivity index (χ1) is 0. The molecule has 4 heavy (non-hydrogen) atoms. The van der Waals surface area contributed by atoms with Crippen LogP contribution in [-0.4, -0.2) is 0 Å². The molecular formula is H4ClN2Pd-3. The number of halogens is 1. The molecule has 0 aromatic rings. The van der Waals surface area contributed by atoms with Gasteiger partial charge in [0.05, 0.1) is 0 Å². The largest absolute Gasteiger partial charge is 1.00 e. The Labute approximate surface area is 45.6 Å². The average Bonchev–Trinajstić information content (AvgIpc) is 0. The molecule has 4 heteroatoms. The molecule has 0 aromatic carbocycles. The zero-order chi connectivity index (χ0) is 0. The third kappa shape index (κ3) is 13.2. The zero-order valence-corrected chi connectivity index (χ0v) is 4.16. The van der Waals surface area contributed by atoms with Gasteiger partial charge in [0.1, 0.15) is 0 Å².